The third kappa shape index (κ3) is 8.14. The summed E-state index contributed by atoms with van der Waals surface area (Å²) in [4.78, 5) is 23.7. The second-order valence-electron chi connectivity index (χ2n) is 4.83. The van der Waals surface area contributed by atoms with Crippen LogP contribution >= 0.6 is 0 Å². The monoisotopic (exact) mass is 429 g/mol. The van der Waals surface area contributed by atoms with Gasteiger partial charge in [0.2, 0.25) is 0 Å². The molecule has 1 N–H and O–H groups in total. The van der Waals surface area contributed by atoms with Crippen LogP contribution in [-0.2, 0) is 50.4 Å². The van der Waals surface area contributed by atoms with Crippen molar-refractivity contribution >= 4 is 11.9 Å². The fourth-order valence-corrected chi connectivity index (χ4v) is 2.71. The zero-order chi connectivity index (χ0) is 21.4. The van der Waals surface area contributed by atoms with Crippen molar-refractivity contribution in [1.82, 2.24) is 5.32 Å². The Balaban J connectivity index is -0.000000815. The van der Waals surface area contributed by atoms with Gasteiger partial charge in [-0.05, 0) is 12.5 Å². The van der Waals surface area contributed by atoms with Gasteiger partial charge in [-0.2, -0.15) is 0 Å². The molecule has 28 heavy (non-hydrogen) atoms. The van der Waals surface area contributed by atoms with Gasteiger partial charge in [0.05, 0.1) is 27.2 Å². The van der Waals surface area contributed by atoms with E-state index in [2.05, 4.69) is 25.3 Å². The normalized spacial score (nSPS) is 18.5. The number of esters is 2. The second kappa shape index (κ2) is 18.1. The topological polar surface area (TPSA) is 134 Å². The van der Waals surface area contributed by atoms with Crippen LogP contribution in [0, 0.1) is 25.9 Å². The van der Waals surface area contributed by atoms with Gasteiger partial charge in [0.1, 0.15) is 11.8 Å². The Kier molecular flexibility index (Phi) is 19.6. The molecule has 9 nitrogen and oxygen atoms in total. The maximum absolute atomic E-state index is 12.0. The molecule has 2 rings (SSSR count). The van der Waals surface area contributed by atoms with E-state index < -0.39 is 12.0 Å². The Morgan fingerprint density at radius 3 is 1.93 bits per heavy atom. The molecule has 1 heterocycles. The molecule has 1 aromatic carbocycles. The minimum atomic E-state index is -0.533. The molecule has 1 fully saturated rings. The van der Waals surface area contributed by atoms with Crippen LogP contribution in [0.5, 0.6) is 5.75 Å². The van der Waals surface area contributed by atoms with Gasteiger partial charge in [-0.3, -0.25) is 14.9 Å². The summed E-state index contributed by atoms with van der Waals surface area (Å²) in [6, 6.07) is 6.51. The van der Waals surface area contributed by atoms with Gasteiger partial charge in [0.15, 0.2) is 0 Å². The summed E-state index contributed by atoms with van der Waals surface area (Å²) in [5.74, 6) is -0.545. The molecule has 1 aliphatic rings. The van der Waals surface area contributed by atoms with Crippen molar-refractivity contribution in [2.24, 2.45) is 5.92 Å². The minimum absolute atomic E-state index is 0. The zero-order valence-corrected chi connectivity index (χ0v) is 16.7. The molecule has 3 atom stereocenters. The largest absolute Gasteiger partial charge is 0 e. The average molecular weight is 429 g/mol. The Bertz CT molecular complexity index is 644. The van der Waals surface area contributed by atoms with E-state index in [-0.39, 0.29) is 35.3 Å². The van der Waals surface area contributed by atoms with E-state index in [1.807, 2.05) is 24.3 Å². The van der Waals surface area contributed by atoms with Crippen LogP contribution in [-0.4, -0.2) is 39.3 Å². The summed E-state index contributed by atoms with van der Waals surface area (Å²) in [6.07, 6.45) is 0.335. The number of hydrogen-bond acceptors (Lipinski definition) is 6. The van der Waals surface area contributed by atoms with Gasteiger partial charge in [0, 0.05) is 29.0 Å². The van der Waals surface area contributed by atoms with Gasteiger partial charge >= 0.3 is 45.8 Å². The summed E-state index contributed by atoms with van der Waals surface area (Å²) in [5.41, 5.74) is 0.821. The van der Waals surface area contributed by atoms with Gasteiger partial charge in [0.25, 0.3) is 0 Å². The number of rotatable bonds is 4. The molecular formula is C18H19CrNO8. The number of ether oxygens (including phenoxy) is 3. The molecule has 0 spiro atoms. The van der Waals surface area contributed by atoms with E-state index in [0.717, 1.165) is 5.56 Å². The van der Waals surface area contributed by atoms with Crippen molar-refractivity contribution in [2.75, 3.05) is 21.3 Å². The fraction of sp³-hybridized carbons (Fsp3) is 0.389. The van der Waals surface area contributed by atoms with Crippen molar-refractivity contribution in [1.29, 1.82) is 0 Å². The predicted octanol–water partition coefficient (Wildman–Crippen LogP) is 0.945. The molecule has 1 aromatic rings. The maximum atomic E-state index is 12.0. The van der Waals surface area contributed by atoms with Crippen LogP contribution < -0.4 is 10.1 Å². The molecule has 0 radical (unpaired) electrons. The first-order chi connectivity index (χ1) is 13.1. The Labute approximate surface area is 174 Å². The predicted molar refractivity (Wildman–Crippen MR) is 86.6 cm³/mol. The maximum Gasteiger partial charge on any atom is 0 e. The first-order valence-electron chi connectivity index (χ1n) is 7.28. The quantitative estimate of drug-likeness (QED) is 0.430. The van der Waals surface area contributed by atoms with E-state index in [4.69, 9.17) is 28.2 Å². The van der Waals surface area contributed by atoms with Crippen LogP contribution in [0.15, 0.2) is 24.3 Å². The van der Waals surface area contributed by atoms with Crippen molar-refractivity contribution in [3.05, 3.63) is 49.8 Å². The van der Waals surface area contributed by atoms with Crippen molar-refractivity contribution in [3.8, 4) is 5.75 Å². The summed E-state index contributed by atoms with van der Waals surface area (Å²) < 4.78 is 37.4. The Morgan fingerprint density at radius 1 is 0.964 bits per heavy atom. The standard InChI is InChI=1S/C15H19NO5.3CO.Cr/c1-19-12-7-5-4-6-9(12)13-10(14(17)20-2)8-11(16-13)15(18)21-3;3*1-2;/h4-7,10-11,13,16H,8H2,1-3H3;;;;/t10-,11+,13?;;;;/m0..../s1. The van der Waals surface area contributed by atoms with E-state index >= 15 is 0 Å². The third-order valence-electron chi connectivity index (χ3n) is 3.74. The average Bonchev–Trinajstić information content (AvgIpc) is 3.22. The molecule has 0 saturated carbocycles. The second-order valence-corrected chi connectivity index (χ2v) is 4.83. The molecule has 10 heteroatoms. The van der Waals surface area contributed by atoms with Crippen LogP contribution in [0.2, 0.25) is 0 Å². The summed E-state index contributed by atoms with van der Waals surface area (Å²) >= 11 is 0. The van der Waals surface area contributed by atoms with Crippen LogP contribution in [0.3, 0.4) is 0 Å². The summed E-state index contributed by atoms with van der Waals surface area (Å²) in [5, 5.41) is 3.14. The van der Waals surface area contributed by atoms with Crippen LogP contribution in [0.25, 0.3) is 0 Å². The summed E-state index contributed by atoms with van der Waals surface area (Å²) in [7, 11) is 4.24. The molecule has 0 aliphatic carbocycles. The first kappa shape index (κ1) is 30.4. The van der Waals surface area contributed by atoms with Gasteiger partial charge < -0.3 is 14.2 Å². The van der Waals surface area contributed by atoms with E-state index in [0.29, 0.717) is 12.2 Å². The summed E-state index contributed by atoms with van der Waals surface area (Å²) in [6.45, 7) is 13.5. The molecule has 0 aromatic heterocycles. The minimum Gasteiger partial charge on any atom is 0 e. The number of hydrogen-bond donors (Lipinski definition) is 1. The van der Waals surface area contributed by atoms with Gasteiger partial charge in [-0.25, -0.2) is 0 Å². The van der Waals surface area contributed by atoms with E-state index in [1.165, 1.54) is 14.2 Å². The number of nitrogens with one attached hydrogen (secondary N) is 1. The van der Waals surface area contributed by atoms with Crippen molar-refractivity contribution < 1.29 is 55.1 Å². The third-order valence-corrected chi connectivity index (χ3v) is 3.74. The van der Waals surface area contributed by atoms with E-state index in [1.54, 1.807) is 7.11 Å². The van der Waals surface area contributed by atoms with E-state index in [9.17, 15) is 9.59 Å². The molecule has 150 valence electrons. The Morgan fingerprint density at radius 2 is 1.46 bits per heavy atom. The molecule has 1 unspecified atom stereocenters. The fourth-order valence-electron chi connectivity index (χ4n) is 2.71. The number of methoxy groups -OCH3 is 3. The molecule has 0 bridgehead atoms. The number of benzene rings is 1. The van der Waals surface area contributed by atoms with Crippen molar-refractivity contribution in [2.45, 2.75) is 18.5 Å². The van der Waals surface area contributed by atoms with Crippen LogP contribution in [0.1, 0.15) is 18.0 Å². The van der Waals surface area contributed by atoms with Gasteiger partial charge in [-0.1, -0.05) is 18.2 Å². The van der Waals surface area contributed by atoms with Crippen molar-refractivity contribution in [3.63, 3.8) is 0 Å². The SMILES string of the molecule is COC(=O)[C@H]1C[C@H](C(=O)OC)NC1c1ccccc1OC.[C-]#[O+].[C-]#[O+].[C-]#[O+].[Cr]. The number of carbonyl (C=O) groups is 2. The molecular weight excluding hydrogens is 410 g/mol. The Hall–Kier alpha value is -2.33. The zero-order valence-electron chi connectivity index (χ0n) is 15.4. The number of para-hydroxylation sites is 1. The van der Waals surface area contributed by atoms with Crippen LogP contribution in [0.4, 0.5) is 0 Å². The smallest absolute Gasteiger partial charge is 0 e. The molecule has 1 aliphatic heterocycles. The molecule has 0 amide bonds. The number of carbonyl (C=O) groups excluding carboxylic acids is 2. The first-order valence-corrected chi connectivity index (χ1v) is 7.28. The molecule has 1 saturated heterocycles. The van der Waals surface area contributed by atoms with Gasteiger partial charge in [-0.15, -0.1) is 0 Å².